The van der Waals surface area contributed by atoms with Gasteiger partial charge < -0.3 is 10.1 Å². The Bertz CT molecular complexity index is 1310. The number of nitrogens with one attached hydrogen (secondary N) is 1. The molecule has 0 atom stereocenters. The number of aryl methyl sites for hydroxylation is 2. The maximum absolute atomic E-state index is 13.5. The van der Waals surface area contributed by atoms with Gasteiger partial charge in [0.25, 0.3) is 5.91 Å². The molecule has 0 saturated carbocycles. The molecule has 0 radical (unpaired) electrons. The molecule has 2 aromatic carbocycles. The second-order valence-corrected chi connectivity index (χ2v) is 8.12. The summed E-state index contributed by atoms with van der Waals surface area (Å²) in [4.78, 5) is 12.8. The van der Waals surface area contributed by atoms with Crippen LogP contribution in [0, 0.1) is 26.6 Å². The van der Waals surface area contributed by atoms with Crippen LogP contribution in [0.5, 0.6) is 5.75 Å². The fourth-order valence-electron chi connectivity index (χ4n) is 3.42. The van der Waals surface area contributed by atoms with Crippen molar-refractivity contribution in [1.82, 2.24) is 19.6 Å². The molecular weight excluding hydrogens is 445 g/mol. The van der Waals surface area contributed by atoms with E-state index in [4.69, 9.17) is 16.3 Å². The van der Waals surface area contributed by atoms with Crippen LogP contribution >= 0.6 is 11.6 Å². The molecule has 7 nitrogen and oxygen atoms in total. The van der Waals surface area contributed by atoms with Crippen molar-refractivity contribution >= 4 is 23.2 Å². The first kappa shape index (κ1) is 22.5. The van der Waals surface area contributed by atoms with Crippen molar-refractivity contribution in [3.05, 3.63) is 93.8 Å². The molecule has 0 aliphatic rings. The molecule has 4 rings (SSSR count). The lowest BCUT2D eigenvalue weighted by atomic mass is 10.2. The molecule has 1 N–H and O–H groups in total. The number of rotatable bonds is 7. The fourth-order valence-corrected chi connectivity index (χ4v) is 3.54. The first-order chi connectivity index (χ1) is 15.8. The summed E-state index contributed by atoms with van der Waals surface area (Å²) in [6.45, 7) is 6.12. The highest BCUT2D eigenvalue weighted by atomic mass is 35.5. The van der Waals surface area contributed by atoms with E-state index < -0.39 is 0 Å². The van der Waals surface area contributed by atoms with Crippen LogP contribution in [0.15, 0.2) is 54.7 Å². The van der Waals surface area contributed by atoms with E-state index in [-0.39, 0.29) is 24.1 Å². The zero-order valence-electron chi connectivity index (χ0n) is 18.5. The van der Waals surface area contributed by atoms with E-state index in [0.717, 1.165) is 16.8 Å². The molecule has 0 unspecified atom stereocenters. The molecule has 0 saturated heterocycles. The summed E-state index contributed by atoms with van der Waals surface area (Å²) in [5.41, 5.74) is 4.00. The van der Waals surface area contributed by atoms with Crippen molar-refractivity contribution in [3.63, 3.8) is 0 Å². The molecule has 0 spiro atoms. The third kappa shape index (κ3) is 5.23. The van der Waals surface area contributed by atoms with Gasteiger partial charge in [-0.05, 0) is 68.3 Å². The van der Waals surface area contributed by atoms with Crippen LogP contribution in [0.1, 0.15) is 33.0 Å². The molecule has 2 heterocycles. The number of hydrogen-bond donors (Lipinski definition) is 1. The SMILES string of the molecule is Cc1cc(OCn2ccc(C(=O)Nc3c(C)nn(Cc4cccc(F)c4)c3C)n2)ccc1Cl. The molecule has 33 heavy (non-hydrogen) atoms. The van der Waals surface area contributed by atoms with Gasteiger partial charge in [-0.1, -0.05) is 23.7 Å². The van der Waals surface area contributed by atoms with Crippen LogP contribution in [0.25, 0.3) is 0 Å². The van der Waals surface area contributed by atoms with Crippen molar-refractivity contribution in [3.8, 4) is 5.75 Å². The number of amides is 1. The zero-order valence-corrected chi connectivity index (χ0v) is 19.2. The average molecular weight is 468 g/mol. The van der Waals surface area contributed by atoms with Gasteiger partial charge in [0.05, 0.1) is 23.6 Å². The minimum Gasteiger partial charge on any atom is -0.471 e. The van der Waals surface area contributed by atoms with Gasteiger partial charge in [0.15, 0.2) is 12.4 Å². The van der Waals surface area contributed by atoms with Gasteiger partial charge in [0.1, 0.15) is 11.6 Å². The van der Waals surface area contributed by atoms with Gasteiger partial charge in [-0.3, -0.25) is 9.48 Å². The van der Waals surface area contributed by atoms with E-state index >= 15 is 0 Å². The molecule has 170 valence electrons. The number of ether oxygens (including phenoxy) is 1. The van der Waals surface area contributed by atoms with Crippen LogP contribution in [-0.2, 0) is 13.3 Å². The lowest BCUT2D eigenvalue weighted by Crippen LogP contribution is -2.15. The monoisotopic (exact) mass is 467 g/mol. The van der Waals surface area contributed by atoms with E-state index in [1.54, 1.807) is 35.1 Å². The van der Waals surface area contributed by atoms with Crippen LogP contribution in [0.4, 0.5) is 10.1 Å². The zero-order chi connectivity index (χ0) is 23.5. The minimum absolute atomic E-state index is 0.151. The predicted molar refractivity (Wildman–Crippen MR) is 124 cm³/mol. The van der Waals surface area contributed by atoms with Gasteiger partial charge in [-0.15, -0.1) is 0 Å². The molecule has 0 aliphatic heterocycles. The second kappa shape index (κ2) is 9.46. The van der Waals surface area contributed by atoms with Gasteiger partial charge in [-0.25, -0.2) is 9.07 Å². The van der Waals surface area contributed by atoms with Crippen molar-refractivity contribution in [1.29, 1.82) is 0 Å². The number of carbonyl (C=O) groups excluding carboxylic acids is 1. The number of nitrogens with zero attached hydrogens (tertiary/aromatic N) is 4. The molecule has 9 heteroatoms. The van der Waals surface area contributed by atoms with Crippen molar-refractivity contribution < 1.29 is 13.9 Å². The molecule has 0 aliphatic carbocycles. The van der Waals surface area contributed by atoms with Crippen molar-refractivity contribution in [2.75, 3.05) is 5.32 Å². The highest BCUT2D eigenvalue weighted by molar-refractivity contribution is 6.31. The normalized spacial score (nSPS) is 10.9. The fraction of sp³-hybridized carbons (Fsp3) is 0.208. The minimum atomic E-state index is -0.354. The molecular formula is C24H23ClFN5O2. The summed E-state index contributed by atoms with van der Waals surface area (Å²) < 4.78 is 22.5. The van der Waals surface area contributed by atoms with Crippen molar-refractivity contribution in [2.45, 2.75) is 34.0 Å². The third-order valence-electron chi connectivity index (χ3n) is 5.21. The quantitative estimate of drug-likeness (QED) is 0.408. The van der Waals surface area contributed by atoms with E-state index in [1.807, 2.05) is 32.9 Å². The molecule has 0 bridgehead atoms. The lowest BCUT2D eigenvalue weighted by molar-refractivity contribution is 0.102. The Hall–Kier alpha value is -3.65. The van der Waals surface area contributed by atoms with Gasteiger partial charge >= 0.3 is 0 Å². The van der Waals surface area contributed by atoms with Crippen LogP contribution in [0.2, 0.25) is 5.02 Å². The standard InChI is InChI=1S/C24H23ClFN5O2/c1-15-11-20(7-8-21(15)25)33-14-30-10-9-22(29-30)24(32)27-23-16(2)28-31(17(23)3)13-18-5-4-6-19(26)12-18/h4-12H,13-14H2,1-3H3,(H,27,32). The first-order valence-electron chi connectivity index (χ1n) is 10.3. The predicted octanol–water partition coefficient (Wildman–Crippen LogP) is 5.13. The van der Waals surface area contributed by atoms with Crippen molar-refractivity contribution in [2.24, 2.45) is 0 Å². The number of benzene rings is 2. The van der Waals surface area contributed by atoms with Crippen LogP contribution in [-0.4, -0.2) is 25.5 Å². The molecule has 2 aromatic heterocycles. The second-order valence-electron chi connectivity index (χ2n) is 7.71. The smallest absolute Gasteiger partial charge is 0.276 e. The van der Waals surface area contributed by atoms with Gasteiger partial charge in [-0.2, -0.15) is 10.2 Å². The van der Waals surface area contributed by atoms with E-state index in [9.17, 15) is 9.18 Å². The maximum Gasteiger partial charge on any atom is 0.276 e. The Balaban J connectivity index is 1.42. The van der Waals surface area contributed by atoms with E-state index in [0.29, 0.717) is 28.7 Å². The summed E-state index contributed by atoms with van der Waals surface area (Å²) in [6.07, 6.45) is 1.67. The maximum atomic E-state index is 13.5. The average Bonchev–Trinajstić information content (AvgIpc) is 3.35. The number of anilines is 1. The number of halogens is 2. The molecule has 4 aromatic rings. The largest absolute Gasteiger partial charge is 0.471 e. The van der Waals surface area contributed by atoms with Crippen LogP contribution < -0.4 is 10.1 Å². The van der Waals surface area contributed by atoms with E-state index in [1.165, 1.54) is 16.8 Å². The van der Waals surface area contributed by atoms with Gasteiger partial charge in [0.2, 0.25) is 0 Å². The highest BCUT2D eigenvalue weighted by Gasteiger charge is 2.17. The van der Waals surface area contributed by atoms with Gasteiger partial charge in [0, 0.05) is 11.2 Å². The number of carbonyl (C=O) groups is 1. The summed E-state index contributed by atoms with van der Waals surface area (Å²) >= 11 is 6.03. The van der Waals surface area contributed by atoms with Crippen LogP contribution in [0.3, 0.4) is 0 Å². The summed E-state index contributed by atoms with van der Waals surface area (Å²) in [5, 5.41) is 12.3. The number of hydrogen-bond acceptors (Lipinski definition) is 4. The highest BCUT2D eigenvalue weighted by Crippen LogP contribution is 2.22. The third-order valence-corrected chi connectivity index (χ3v) is 5.63. The first-order valence-corrected chi connectivity index (χ1v) is 10.7. The Morgan fingerprint density at radius 3 is 2.70 bits per heavy atom. The Morgan fingerprint density at radius 1 is 1.12 bits per heavy atom. The molecule has 0 fully saturated rings. The Kier molecular flexibility index (Phi) is 6.46. The Morgan fingerprint density at radius 2 is 1.94 bits per heavy atom. The summed E-state index contributed by atoms with van der Waals surface area (Å²) in [6, 6.07) is 13.4. The topological polar surface area (TPSA) is 74.0 Å². The Labute approximate surface area is 195 Å². The summed E-state index contributed by atoms with van der Waals surface area (Å²) in [5.74, 6) is 0.0104. The number of aromatic nitrogens is 4. The summed E-state index contributed by atoms with van der Waals surface area (Å²) in [7, 11) is 0. The van der Waals surface area contributed by atoms with E-state index in [2.05, 4.69) is 15.5 Å². The lowest BCUT2D eigenvalue weighted by Gasteiger charge is -2.08. The molecule has 1 amide bonds.